The second kappa shape index (κ2) is 7.79. The number of aliphatic hydroxyl groups is 1. The van der Waals surface area contributed by atoms with Crippen molar-refractivity contribution in [1.82, 2.24) is 9.78 Å². The molecule has 10 heteroatoms. The van der Waals surface area contributed by atoms with E-state index >= 15 is 0 Å². The summed E-state index contributed by atoms with van der Waals surface area (Å²) < 4.78 is 28.9. The molecule has 4 rings (SSSR count). The van der Waals surface area contributed by atoms with Gasteiger partial charge in [0.05, 0.1) is 41.8 Å². The van der Waals surface area contributed by atoms with Gasteiger partial charge in [0.2, 0.25) is 11.8 Å². The van der Waals surface area contributed by atoms with Gasteiger partial charge in [0.25, 0.3) is 0 Å². The molecule has 1 fully saturated rings. The number of hydrogen-bond acceptors (Lipinski definition) is 5. The fourth-order valence-electron chi connectivity index (χ4n) is 5.07. The van der Waals surface area contributed by atoms with Crippen molar-refractivity contribution in [3.05, 3.63) is 30.6 Å². The van der Waals surface area contributed by atoms with Gasteiger partial charge in [-0.05, 0) is 44.4 Å². The van der Waals surface area contributed by atoms with Crippen molar-refractivity contribution in [2.24, 2.45) is 5.92 Å². The Labute approximate surface area is 190 Å². The van der Waals surface area contributed by atoms with Gasteiger partial charge in [-0.3, -0.25) is 9.48 Å². The van der Waals surface area contributed by atoms with Crippen LogP contribution in [0, 0.1) is 5.92 Å². The molecule has 0 bridgehead atoms. The third-order valence-electron chi connectivity index (χ3n) is 6.35. The Morgan fingerprint density at radius 3 is 2.42 bits per heavy atom. The Bertz CT molecular complexity index is 1090. The largest absolute Gasteiger partial charge is 0.530 e. The number of aromatic nitrogens is 2. The van der Waals surface area contributed by atoms with E-state index in [4.69, 9.17) is 0 Å². The number of anilines is 2. The van der Waals surface area contributed by atoms with E-state index < -0.39 is 48.5 Å². The maximum atomic E-state index is 13.7. The molecular formula is C23H27F2N4O4-. The summed E-state index contributed by atoms with van der Waals surface area (Å²) in [6.07, 6.45) is 0.948. The number of hydrogen-bond donors (Lipinski definition) is 1. The highest BCUT2D eigenvalue weighted by Crippen LogP contribution is 2.50. The Hall–Kier alpha value is -3.01. The zero-order valence-electron chi connectivity index (χ0n) is 19.0. The zero-order valence-corrected chi connectivity index (χ0v) is 19.0. The van der Waals surface area contributed by atoms with Crippen LogP contribution in [0.2, 0.25) is 0 Å². The Morgan fingerprint density at radius 1 is 1.21 bits per heavy atom. The number of alkyl halides is 2. The van der Waals surface area contributed by atoms with Crippen LogP contribution in [0.4, 0.5) is 25.0 Å². The molecule has 1 aromatic heterocycles. The van der Waals surface area contributed by atoms with Crippen molar-refractivity contribution in [1.29, 1.82) is 0 Å². The lowest BCUT2D eigenvalue weighted by Crippen LogP contribution is -2.65. The monoisotopic (exact) mass is 461 g/mol. The van der Waals surface area contributed by atoms with Gasteiger partial charge in [0.15, 0.2) is 0 Å². The topological polar surface area (TPSA) is 102 Å². The molecular weight excluding hydrogens is 434 g/mol. The maximum Gasteiger partial charge on any atom is 0.248 e. The highest BCUT2D eigenvalue weighted by molar-refractivity contribution is 6.03. The Kier molecular flexibility index (Phi) is 5.47. The second-order valence-electron chi connectivity index (χ2n) is 9.72. The summed E-state index contributed by atoms with van der Waals surface area (Å²) in [5.41, 5.74) is 0.949. The molecule has 2 atom stereocenters. The van der Waals surface area contributed by atoms with Crippen LogP contribution in [0.3, 0.4) is 0 Å². The molecule has 1 N–H and O–H groups in total. The van der Waals surface area contributed by atoms with Gasteiger partial charge in [-0.1, -0.05) is 6.07 Å². The molecule has 1 aliphatic carbocycles. The number of nitrogens with zero attached hydrogens (tertiary/aromatic N) is 4. The van der Waals surface area contributed by atoms with Crippen LogP contribution in [0.1, 0.15) is 40.5 Å². The van der Waals surface area contributed by atoms with Crippen molar-refractivity contribution in [3.8, 4) is 11.1 Å². The van der Waals surface area contributed by atoms with Gasteiger partial charge in [0, 0.05) is 31.5 Å². The average Bonchev–Trinajstić information content (AvgIpc) is 3.10. The molecule has 2 aliphatic rings. The van der Waals surface area contributed by atoms with E-state index in [9.17, 15) is 28.6 Å². The van der Waals surface area contributed by atoms with Gasteiger partial charge < -0.3 is 24.8 Å². The molecule has 2 heterocycles. The van der Waals surface area contributed by atoms with Crippen LogP contribution in [0.5, 0.6) is 0 Å². The van der Waals surface area contributed by atoms with Crippen LogP contribution < -0.4 is 14.9 Å². The summed E-state index contributed by atoms with van der Waals surface area (Å²) in [6, 6.07) is 3.53. The normalized spacial score (nSPS) is 22.6. The van der Waals surface area contributed by atoms with Crippen LogP contribution in [-0.4, -0.2) is 50.5 Å². The van der Waals surface area contributed by atoms with Crippen molar-refractivity contribution in [3.63, 3.8) is 0 Å². The van der Waals surface area contributed by atoms with Crippen molar-refractivity contribution in [2.75, 3.05) is 9.80 Å². The van der Waals surface area contributed by atoms with Crippen molar-refractivity contribution < 1.29 is 28.6 Å². The summed E-state index contributed by atoms with van der Waals surface area (Å²) in [6.45, 7) is 6.63. The lowest BCUT2D eigenvalue weighted by atomic mass is 9.72. The summed E-state index contributed by atoms with van der Waals surface area (Å²) in [7, 11) is 0. The van der Waals surface area contributed by atoms with E-state index in [2.05, 4.69) is 5.10 Å². The molecule has 33 heavy (non-hydrogen) atoms. The number of carbonyl (C=O) groups is 2. The van der Waals surface area contributed by atoms with Gasteiger partial charge in [0.1, 0.15) is 6.09 Å². The minimum atomic E-state index is -2.83. The molecule has 2 aromatic rings. The molecule has 8 nitrogen and oxygen atoms in total. The summed E-state index contributed by atoms with van der Waals surface area (Å²) in [5.74, 6) is -3.73. The molecule has 1 saturated carbocycles. The first-order chi connectivity index (χ1) is 15.3. The van der Waals surface area contributed by atoms with E-state index in [1.807, 2.05) is 0 Å². The second-order valence-corrected chi connectivity index (χ2v) is 9.72. The van der Waals surface area contributed by atoms with Crippen molar-refractivity contribution in [2.45, 2.75) is 70.7 Å². The number of amides is 2. The quantitative estimate of drug-likeness (QED) is 0.754. The van der Waals surface area contributed by atoms with Crippen molar-refractivity contribution >= 4 is 23.4 Å². The highest BCUT2D eigenvalue weighted by Gasteiger charge is 2.54. The van der Waals surface area contributed by atoms with E-state index in [0.29, 0.717) is 16.8 Å². The van der Waals surface area contributed by atoms with E-state index in [-0.39, 0.29) is 18.1 Å². The molecule has 178 valence electrons. The number of benzene rings is 1. The first-order valence-electron chi connectivity index (χ1n) is 10.8. The zero-order chi connectivity index (χ0) is 24.3. The molecule has 1 aliphatic heterocycles. The standard InChI is InChI=1S/C23H28F2N4O4/c1-13-20(16-8-23(24,25)9-16)29(21(31)32)19-7-15(5-6-18(19)28(13)14(2)30)17-10-26-27(11-17)12-22(3,4)33/h5-7,10-11,13,16,20,33H,8-9,12H2,1-4H3,(H,31,32)/p-1/t13-,20?/m0/s1. The SMILES string of the molecule is CC(=O)N1c2ccc(-c3cnn(CC(C)(C)O)c3)cc2N(C(=O)[O-])C(C2CC(F)(F)C2)[C@@H]1C. The third kappa shape index (κ3) is 4.31. The minimum Gasteiger partial charge on any atom is -0.530 e. The molecule has 0 radical (unpaired) electrons. The Balaban J connectivity index is 1.78. The fourth-order valence-corrected chi connectivity index (χ4v) is 5.07. The van der Waals surface area contributed by atoms with Crippen LogP contribution in [0.15, 0.2) is 30.6 Å². The van der Waals surface area contributed by atoms with Gasteiger partial charge in [-0.15, -0.1) is 0 Å². The lowest BCUT2D eigenvalue weighted by Gasteiger charge is -2.54. The first-order valence-corrected chi connectivity index (χ1v) is 10.8. The smallest absolute Gasteiger partial charge is 0.248 e. The molecule has 1 aromatic carbocycles. The lowest BCUT2D eigenvalue weighted by molar-refractivity contribution is -0.248. The number of carboxylic acid groups (broad SMARTS) is 1. The van der Waals surface area contributed by atoms with Gasteiger partial charge >= 0.3 is 0 Å². The number of carbonyl (C=O) groups excluding carboxylic acids is 2. The summed E-state index contributed by atoms with van der Waals surface area (Å²) in [4.78, 5) is 27.2. The van der Waals surface area contributed by atoms with Crippen LogP contribution in [0.25, 0.3) is 11.1 Å². The van der Waals surface area contributed by atoms with Gasteiger partial charge in [-0.25, -0.2) is 8.78 Å². The molecule has 0 saturated heterocycles. The number of rotatable bonds is 4. The highest BCUT2D eigenvalue weighted by atomic mass is 19.3. The fraction of sp³-hybridized carbons (Fsp3) is 0.522. The van der Waals surface area contributed by atoms with Crippen LogP contribution >= 0.6 is 0 Å². The summed E-state index contributed by atoms with van der Waals surface area (Å²) in [5, 5.41) is 26.5. The number of halogens is 2. The predicted molar refractivity (Wildman–Crippen MR) is 116 cm³/mol. The van der Waals surface area contributed by atoms with Gasteiger partial charge in [-0.2, -0.15) is 5.10 Å². The van der Waals surface area contributed by atoms with E-state index in [1.54, 1.807) is 56.0 Å². The Morgan fingerprint density at radius 2 is 1.88 bits per heavy atom. The molecule has 2 amide bonds. The van der Waals surface area contributed by atoms with E-state index in [1.165, 1.54) is 11.8 Å². The first kappa shape index (κ1) is 23.2. The van der Waals surface area contributed by atoms with Crippen LogP contribution in [-0.2, 0) is 11.3 Å². The molecule has 1 unspecified atom stereocenters. The minimum absolute atomic E-state index is 0.219. The number of fused-ring (bicyclic) bond motifs is 1. The summed E-state index contributed by atoms with van der Waals surface area (Å²) >= 11 is 0. The van der Waals surface area contributed by atoms with E-state index in [0.717, 1.165) is 4.90 Å². The third-order valence-corrected chi connectivity index (χ3v) is 6.35. The average molecular weight is 461 g/mol. The maximum absolute atomic E-state index is 13.7. The molecule has 0 spiro atoms. The predicted octanol–water partition coefficient (Wildman–Crippen LogP) is 2.64.